The molecule has 0 amide bonds. The summed E-state index contributed by atoms with van der Waals surface area (Å²) >= 11 is 0. The maximum Gasteiger partial charge on any atom is 0.251 e. The minimum absolute atomic E-state index is 0.0166. The number of halogens is 2. The number of aliphatic hydroxyl groups excluding tert-OH is 3. The molecule has 1 heterocycles. The molecule has 1 aromatic rings. The van der Waals surface area contributed by atoms with Gasteiger partial charge in [0.15, 0.2) is 0 Å². The zero-order valence-electron chi connectivity index (χ0n) is 22.1. The van der Waals surface area contributed by atoms with Crippen LogP contribution in [0.4, 0.5) is 8.78 Å². The SMILES string of the molecule is C[C@H](CCCC(O)c1ccncc1)[C@H]1CC[C@H]2[C@H]3[C@H](CC[C@]12C)[C@@]1(C)CC[C@H](O)[C@H](O)[C@@H]1CC3(F)F. The Morgan fingerprint density at radius 1 is 0.944 bits per heavy atom. The van der Waals surface area contributed by atoms with Crippen molar-refractivity contribution < 1.29 is 24.1 Å². The second kappa shape index (κ2) is 9.57. The first-order chi connectivity index (χ1) is 17.0. The van der Waals surface area contributed by atoms with Gasteiger partial charge in [0.2, 0.25) is 0 Å². The smallest absolute Gasteiger partial charge is 0.251 e. The number of hydrogen-bond donors (Lipinski definition) is 3. The Balaban J connectivity index is 1.28. The lowest BCUT2D eigenvalue weighted by Gasteiger charge is -2.63. The number of pyridine rings is 1. The van der Waals surface area contributed by atoms with Crippen LogP contribution in [0.15, 0.2) is 24.5 Å². The van der Waals surface area contributed by atoms with Gasteiger partial charge in [-0.05, 0) is 103 Å². The zero-order valence-corrected chi connectivity index (χ0v) is 22.1. The molecule has 1 aromatic heterocycles. The number of hydrogen-bond acceptors (Lipinski definition) is 4. The molecule has 3 N–H and O–H groups in total. The standard InChI is InChI=1S/C30H45F2NO3/c1-18(5-4-6-24(34)19-11-15-33-16-12-19)20-7-8-21-26-22(9-13-28(20,21)2)29(3)14-10-25(35)27(36)23(29)17-30(26,31)32/h11-12,15-16,18,20-27,34-36H,4-10,13-14,17H2,1-3H3/t18-,20-,21+,22+,23+,24?,25+,26+,27-,28-,29-/m1/s1. The molecule has 0 bridgehead atoms. The van der Waals surface area contributed by atoms with Gasteiger partial charge in [-0.25, -0.2) is 8.78 Å². The van der Waals surface area contributed by atoms with Gasteiger partial charge in [-0.2, -0.15) is 0 Å². The van der Waals surface area contributed by atoms with Crippen LogP contribution >= 0.6 is 0 Å². The van der Waals surface area contributed by atoms with Gasteiger partial charge in [-0.3, -0.25) is 4.98 Å². The number of aromatic nitrogens is 1. The first kappa shape index (κ1) is 26.5. The first-order valence-electron chi connectivity index (χ1n) is 14.3. The van der Waals surface area contributed by atoms with E-state index in [1.165, 1.54) is 0 Å². The summed E-state index contributed by atoms with van der Waals surface area (Å²) in [7, 11) is 0. The molecule has 36 heavy (non-hydrogen) atoms. The number of nitrogens with zero attached hydrogens (tertiary/aromatic N) is 1. The molecular formula is C30H45F2NO3. The zero-order chi connectivity index (χ0) is 25.9. The van der Waals surface area contributed by atoms with Gasteiger partial charge in [0.1, 0.15) is 0 Å². The second-order valence-corrected chi connectivity index (χ2v) is 13.3. The predicted molar refractivity (Wildman–Crippen MR) is 135 cm³/mol. The van der Waals surface area contributed by atoms with E-state index in [0.29, 0.717) is 24.7 Å². The summed E-state index contributed by atoms with van der Waals surface area (Å²) in [5, 5.41) is 31.5. The van der Waals surface area contributed by atoms with Crippen LogP contribution in [0, 0.1) is 46.3 Å². The third kappa shape index (κ3) is 4.23. The normalized spacial score (nSPS) is 45.3. The number of rotatable bonds is 6. The van der Waals surface area contributed by atoms with Crippen molar-refractivity contribution in [1.29, 1.82) is 0 Å². The van der Waals surface area contributed by atoms with Crippen molar-refractivity contribution in [2.75, 3.05) is 0 Å². The van der Waals surface area contributed by atoms with Crippen LogP contribution in [0.3, 0.4) is 0 Å². The van der Waals surface area contributed by atoms with Crippen LogP contribution in [-0.4, -0.2) is 38.4 Å². The molecule has 1 unspecified atom stereocenters. The molecule has 4 aliphatic carbocycles. The Hall–Kier alpha value is -1.11. The Morgan fingerprint density at radius 2 is 1.61 bits per heavy atom. The average molecular weight is 506 g/mol. The summed E-state index contributed by atoms with van der Waals surface area (Å²) in [4.78, 5) is 4.02. The number of fused-ring (bicyclic) bond motifs is 5. The van der Waals surface area contributed by atoms with Crippen LogP contribution in [0.1, 0.15) is 96.6 Å². The summed E-state index contributed by atoms with van der Waals surface area (Å²) in [5.41, 5.74) is 0.499. The van der Waals surface area contributed by atoms with Crippen LogP contribution in [0.5, 0.6) is 0 Å². The third-order valence-corrected chi connectivity index (χ3v) is 11.7. The molecular weight excluding hydrogens is 460 g/mol. The summed E-state index contributed by atoms with van der Waals surface area (Å²) in [5.74, 6) is -3.14. The predicted octanol–water partition coefficient (Wildman–Crippen LogP) is 6.16. The van der Waals surface area contributed by atoms with Crippen LogP contribution in [0.2, 0.25) is 0 Å². The molecule has 0 aromatic carbocycles. The van der Waals surface area contributed by atoms with Crippen molar-refractivity contribution in [1.82, 2.24) is 4.98 Å². The molecule has 202 valence electrons. The van der Waals surface area contributed by atoms with E-state index >= 15 is 8.78 Å². The van der Waals surface area contributed by atoms with Gasteiger partial charge in [-0.1, -0.05) is 33.6 Å². The van der Waals surface area contributed by atoms with E-state index in [1.54, 1.807) is 12.4 Å². The van der Waals surface area contributed by atoms with E-state index in [4.69, 9.17) is 0 Å². The van der Waals surface area contributed by atoms with Crippen LogP contribution < -0.4 is 0 Å². The summed E-state index contributed by atoms with van der Waals surface area (Å²) in [6, 6.07) is 3.72. The highest BCUT2D eigenvalue weighted by atomic mass is 19.3. The summed E-state index contributed by atoms with van der Waals surface area (Å²) in [6.07, 6.45) is 8.25. The summed E-state index contributed by atoms with van der Waals surface area (Å²) in [6.45, 7) is 6.71. The maximum absolute atomic E-state index is 15.9. The van der Waals surface area contributed by atoms with Crippen molar-refractivity contribution in [3.05, 3.63) is 30.1 Å². The van der Waals surface area contributed by atoms with Crippen molar-refractivity contribution in [3.8, 4) is 0 Å². The lowest BCUT2D eigenvalue weighted by molar-refractivity contribution is -0.258. The quantitative estimate of drug-likeness (QED) is 0.433. The number of alkyl halides is 2. The van der Waals surface area contributed by atoms with E-state index in [0.717, 1.165) is 50.5 Å². The maximum atomic E-state index is 15.9. The molecule has 4 fully saturated rings. The molecule has 5 rings (SSSR count). The van der Waals surface area contributed by atoms with Crippen molar-refractivity contribution in [2.24, 2.45) is 46.3 Å². The van der Waals surface area contributed by atoms with E-state index in [9.17, 15) is 15.3 Å². The first-order valence-corrected chi connectivity index (χ1v) is 14.3. The van der Waals surface area contributed by atoms with Crippen LogP contribution in [-0.2, 0) is 0 Å². The average Bonchev–Trinajstić information content (AvgIpc) is 3.20. The largest absolute Gasteiger partial charge is 0.390 e. The molecule has 0 aliphatic heterocycles. The van der Waals surface area contributed by atoms with E-state index < -0.39 is 36.1 Å². The topological polar surface area (TPSA) is 73.6 Å². The van der Waals surface area contributed by atoms with Crippen molar-refractivity contribution in [3.63, 3.8) is 0 Å². The Bertz CT molecular complexity index is 915. The summed E-state index contributed by atoms with van der Waals surface area (Å²) < 4.78 is 31.9. The molecule has 0 spiro atoms. The Labute approximate surface area is 214 Å². The minimum Gasteiger partial charge on any atom is -0.390 e. The fourth-order valence-electron chi connectivity index (χ4n) is 9.75. The molecule has 11 atom stereocenters. The molecule has 4 saturated carbocycles. The molecule has 4 aliphatic rings. The lowest BCUT2D eigenvalue weighted by atomic mass is 9.43. The van der Waals surface area contributed by atoms with E-state index in [2.05, 4.69) is 25.8 Å². The van der Waals surface area contributed by atoms with Gasteiger partial charge in [0.25, 0.3) is 5.92 Å². The molecule has 0 saturated heterocycles. The monoisotopic (exact) mass is 505 g/mol. The lowest BCUT2D eigenvalue weighted by Crippen LogP contribution is -2.64. The van der Waals surface area contributed by atoms with E-state index in [-0.39, 0.29) is 29.1 Å². The van der Waals surface area contributed by atoms with Crippen molar-refractivity contribution >= 4 is 0 Å². The van der Waals surface area contributed by atoms with Gasteiger partial charge in [-0.15, -0.1) is 0 Å². The fourth-order valence-corrected chi connectivity index (χ4v) is 9.75. The van der Waals surface area contributed by atoms with Gasteiger partial charge < -0.3 is 15.3 Å². The second-order valence-electron chi connectivity index (χ2n) is 13.3. The van der Waals surface area contributed by atoms with E-state index in [1.807, 2.05) is 12.1 Å². The molecule has 4 nitrogen and oxygen atoms in total. The van der Waals surface area contributed by atoms with Gasteiger partial charge in [0.05, 0.1) is 18.3 Å². The van der Waals surface area contributed by atoms with Crippen LogP contribution in [0.25, 0.3) is 0 Å². The number of aliphatic hydroxyl groups is 3. The molecule has 6 heteroatoms. The highest BCUT2D eigenvalue weighted by Crippen LogP contribution is 2.71. The van der Waals surface area contributed by atoms with Gasteiger partial charge in [0, 0.05) is 24.7 Å². The van der Waals surface area contributed by atoms with Crippen molar-refractivity contribution in [2.45, 2.75) is 109 Å². The highest BCUT2D eigenvalue weighted by molar-refractivity contribution is 5.15. The molecule has 0 radical (unpaired) electrons. The van der Waals surface area contributed by atoms with Gasteiger partial charge >= 0.3 is 0 Å². The third-order valence-electron chi connectivity index (χ3n) is 11.7. The Kier molecular flexibility index (Phi) is 7.04. The Morgan fingerprint density at radius 3 is 2.33 bits per heavy atom. The fraction of sp³-hybridized carbons (Fsp3) is 0.833. The highest BCUT2D eigenvalue weighted by Gasteiger charge is 2.69. The minimum atomic E-state index is -2.80.